The summed E-state index contributed by atoms with van der Waals surface area (Å²) in [5.74, 6) is 0.204. The molecule has 0 saturated heterocycles. The fourth-order valence-corrected chi connectivity index (χ4v) is 3.18. The first-order chi connectivity index (χ1) is 5.88. The number of carbonyl (C=O) groups is 1. The van der Waals surface area contributed by atoms with Crippen LogP contribution in [0.15, 0.2) is 34.6 Å². The van der Waals surface area contributed by atoms with E-state index in [1.807, 2.05) is 29.6 Å². The van der Waals surface area contributed by atoms with Crippen LogP contribution in [0.3, 0.4) is 0 Å². The van der Waals surface area contributed by atoms with E-state index >= 15 is 0 Å². The standard InChI is InChI=1S/C9H6OSSe/c10-9(7-3-1-5-11-7)8-4-2-6-12-8/h1-6H. The first kappa shape index (κ1) is 7.99. The van der Waals surface area contributed by atoms with Crippen molar-refractivity contribution in [2.45, 2.75) is 0 Å². The summed E-state index contributed by atoms with van der Waals surface area (Å²) in [7, 11) is 0. The molecule has 0 aliphatic carbocycles. The Hall–Kier alpha value is -0.631. The van der Waals surface area contributed by atoms with Crippen LogP contribution in [-0.4, -0.2) is 20.3 Å². The summed E-state index contributed by atoms with van der Waals surface area (Å²) in [5, 5.41) is 1.93. The normalized spacial score (nSPS) is 10.0. The van der Waals surface area contributed by atoms with Crippen molar-refractivity contribution in [3.8, 4) is 0 Å². The predicted molar refractivity (Wildman–Crippen MR) is 51.1 cm³/mol. The third-order valence-corrected chi connectivity index (χ3v) is 4.18. The van der Waals surface area contributed by atoms with E-state index in [9.17, 15) is 4.79 Å². The fourth-order valence-electron chi connectivity index (χ4n) is 0.937. The average Bonchev–Trinajstić information content (AvgIpc) is 2.77. The summed E-state index contributed by atoms with van der Waals surface area (Å²) in [6.45, 7) is 0. The molecule has 0 saturated carbocycles. The maximum absolute atomic E-state index is 11.6. The Morgan fingerprint density at radius 3 is 2.83 bits per heavy atom. The van der Waals surface area contributed by atoms with Crippen molar-refractivity contribution >= 4 is 31.6 Å². The molecule has 2 rings (SSSR count). The van der Waals surface area contributed by atoms with Gasteiger partial charge in [-0.3, -0.25) is 0 Å². The van der Waals surface area contributed by atoms with Gasteiger partial charge in [0.25, 0.3) is 0 Å². The Bertz CT molecular complexity index is 325. The third-order valence-electron chi connectivity index (χ3n) is 1.49. The minimum atomic E-state index is 0.204. The Balaban J connectivity index is 2.34. The molecule has 0 fully saturated rings. The van der Waals surface area contributed by atoms with Gasteiger partial charge in [0.05, 0.1) is 0 Å². The maximum atomic E-state index is 11.6. The molecule has 0 amide bonds. The van der Waals surface area contributed by atoms with Gasteiger partial charge in [0.15, 0.2) is 0 Å². The molecule has 2 aromatic rings. The summed E-state index contributed by atoms with van der Waals surface area (Å²) in [6, 6.07) is 7.67. The average molecular weight is 241 g/mol. The van der Waals surface area contributed by atoms with Crippen molar-refractivity contribution in [1.29, 1.82) is 0 Å². The van der Waals surface area contributed by atoms with Crippen LogP contribution in [0.5, 0.6) is 0 Å². The van der Waals surface area contributed by atoms with Crippen molar-refractivity contribution in [3.05, 3.63) is 43.9 Å². The van der Waals surface area contributed by atoms with Gasteiger partial charge in [-0.2, -0.15) is 0 Å². The first-order valence-electron chi connectivity index (χ1n) is 3.49. The number of hydrogen-bond acceptors (Lipinski definition) is 2. The SMILES string of the molecule is O=C(c1cccs1)c1ccc[se]1. The molecule has 0 aliphatic rings. The molecule has 0 atom stereocenters. The number of rotatable bonds is 2. The quantitative estimate of drug-likeness (QED) is 0.581. The van der Waals surface area contributed by atoms with E-state index in [-0.39, 0.29) is 20.3 Å². The van der Waals surface area contributed by atoms with E-state index in [2.05, 4.69) is 4.94 Å². The van der Waals surface area contributed by atoms with Crippen LogP contribution in [0.25, 0.3) is 0 Å². The molecule has 0 spiro atoms. The fraction of sp³-hybridized carbons (Fsp3) is 0. The van der Waals surface area contributed by atoms with E-state index < -0.39 is 0 Å². The number of carbonyl (C=O) groups excluding carboxylic acids is 1. The van der Waals surface area contributed by atoms with Gasteiger partial charge in [-0.05, 0) is 0 Å². The molecular formula is C9H6OSSe. The van der Waals surface area contributed by atoms with Crippen LogP contribution in [0.4, 0.5) is 0 Å². The monoisotopic (exact) mass is 242 g/mol. The number of hydrogen-bond donors (Lipinski definition) is 0. The molecule has 2 heterocycles. The second-order valence-electron chi connectivity index (χ2n) is 2.28. The molecule has 0 unspecified atom stereocenters. The molecule has 0 aromatic carbocycles. The van der Waals surface area contributed by atoms with Crippen LogP contribution in [0, 0.1) is 0 Å². The van der Waals surface area contributed by atoms with Gasteiger partial charge in [-0.15, -0.1) is 0 Å². The molecule has 1 nitrogen and oxygen atoms in total. The molecule has 0 bridgehead atoms. The van der Waals surface area contributed by atoms with Crippen LogP contribution in [-0.2, 0) is 0 Å². The summed E-state index contributed by atoms with van der Waals surface area (Å²) in [6.07, 6.45) is 0. The Morgan fingerprint density at radius 2 is 2.25 bits per heavy atom. The van der Waals surface area contributed by atoms with Gasteiger partial charge in [0.1, 0.15) is 0 Å². The molecule has 60 valence electrons. The molecule has 12 heavy (non-hydrogen) atoms. The zero-order valence-electron chi connectivity index (χ0n) is 6.19. The minimum absolute atomic E-state index is 0.204. The van der Waals surface area contributed by atoms with Gasteiger partial charge in [-0.25, -0.2) is 0 Å². The van der Waals surface area contributed by atoms with Crippen molar-refractivity contribution in [2.24, 2.45) is 0 Å². The topological polar surface area (TPSA) is 17.1 Å². The van der Waals surface area contributed by atoms with Gasteiger partial charge in [0.2, 0.25) is 0 Å². The number of ketones is 1. The zero-order valence-corrected chi connectivity index (χ0v) is 8.72. The second kappa shape index (κ2) is 3.40. The third kappa shape index (κ3) is 1.44. The van der Waals surface area contributed by atoms with E-state index in [0.717, 1.165) is 9.31 Å². The van der Waals surface area contributed by atoms with E-state index in [0.29, 0.717) is 0 Å². The Morgan fingerprint density at radius 1 is 1.33 bits per heavy atom. The van der Waals surface area contributed by atoms with Gasteiger partial charge in [0, 0.05) is 0 Å². The van der Waals surface area contributed by atoms with Crippen LogP contribution in [0.2, 0.25) is 0 Å². The summed E-state index contributed by atoms with van der Waals surface area (Å²) in [5.41, 5.74) is 0. The summed E-state index contributed by atoms with van der Waals surface area (Å²) >= 11 is 1.77. The van der Waals surface area contributed by atoms with E-state index in [1.54, 1.807) is 0 Å². The Labute approximate surface area is 80.4 Å². The first-order valence-corrected chi connectivity index (χ1v) is 6.22. The molecule has 0 aliphatic heterocycles. The van der Waals surface area contributed by atoms with E-state index in [4.69, 9.17) is 0 Å². The van der Waals surface area contributed by atoms with Gasteiger partial charge >= 0.3 is 80.3 Å². The van der Waals surface area contributed by atoms with Crippen LogP contribution in [0.1, 0.15) is 14.1 Å². The zero-order chi connectivity index (χ0) is 8.39. The van der Waals surface area contributed by atoms with Gasteiger partial charge < -0.3 is 0 Å². The molecular weight excluding hydrogens is 235 g/mol. The second-order valence-corrected chi connectivity index (χ2v) is 5.22. The summed E-state index contributed by atoms with van der Waals surface area (Å²) < 4.78 is 0.963. The van der Waals surface area contributed by atoms with Gasteiger partial charge in [-0.1, -0.05) is 0 Å². The predicted octanol–water partition coefficient (Wildman–Crippen LogP) is 2.04. The summed E-state index contributed by atoms with van der Waals surface area (Å²) in [4.78, 5) is 14.5. The molecule has 3 heteroatoms. The van der Waals surface area contributed by atoms with Crippen LogP contribution >= 0.6 is 11.3 Å². The van der Waals surface area contributed by atoms with Crippen LogP contribution < -0.4 is 0 Å². The van der Waals surface area contributed by atoms with Crippen molar-refractivity contribution < 1.29 is 4.79 Å². The molecule has 0 radical (unpaired) electrons. The molecule has 0 N–H and O–H groups in total. The van der Waals surface area contributed by atoms with Crippen molar-refractivity contribution in [1.82, 2.24) is 0 Å². The Kier molecular flexibility index (Phi) is 2.26. The van der Waals surface area contributed by atoms with Crippen molar-refractivity contribution in [3.63, 3.8) is 0 Å². The number of thiophene rings is 1. The van der Waals surface area contributed by atoms with Crippen molar-refractivity contribution in [2.75, 3.05) is 0 Å². The van der Waals surface area contributed by atoms with E-state index in [1.165, 1.54) is 11.3 Å². The molecule has 2 aromatic heterocycles.